The van der Waals surface area contributed by atoms with Gasteiger partial charge in [0.1, 0.15) is 18.3 Å². The summed E-state index contributed by atoms with van der Waals surface area (Å²) >= 11 is 1.02. The molecule has 1 aromatic rings. The number of hydrogen-bond acceptors (Lipinski definition) is 9. The molecule has 1 heterocycles. The molecule has 0 saturated carbocycles. The fourth-order valence-electron chi connectivity index (χ4n) is 2.67. The number of hydrogen-bond donors (Lipinski definition) is 5. The summed E-state index contributed by atoms with van der Waals surface area (Å²) in [7, 11) is 1.19. The Kier molecular flexibility index (Phi) is 6.80. The highest BCUT2D eigenvalue weighted by atomic mass is 32.2. The summed E-state index contributed by atoms with van der Waals surface area (Å²) in [6, 6.07) is 7.83. The van der Waals surface area contributed by atoms with E-state index in [1.54, 1.807) is 24.3 Å². The van der Waals surface area contributed by atoms with E-state index in [0.29, 0.717) is 4.90 Å². The lowest BCUT2D eigenvalue weighted by molar-refractivity contribution is -0.203. The largest absolute Gasteiger partial charge is 0.466 e. The molecule has 2 rings (SSSR count). The Labute approximate surface area is 149 Å². The van der Waals surface area contributed by atoms with Gasteiger partial charge in [-0.3, -0.25) is 0 Å². The van der Waals surface area contributed by atoms with Crippen molar-refractivity contribution in [3.63, 3.8) is 0 Å². The van der Waals surface area contributed by atoms with Crippen molar-refractivity contribution in [2.24, 2.45) is 5.73 Å². The number of thioether (sulfide) groups is 1. The predicted molar refractivity (Wildman–Crippen MR) is 89.6 cm³/mol. The van der Waals surface area contributed by atoms with E-state index in [4.69, 9.17) is 20.3 Å². The van der Waals surface area contributed by atoms with E-state index in [9.17, 15) is 20.1 Å². The molecule has 0 radical (unpaired) electrons. The topological polar surface area (TPSA) is 142 Å². The Hall–Kier alpha value is -1.20. The Balaban J connectivity index is 2.36. The van der Waals surface area contributed by atoms with Gasteiger partial charge in [0.15, 0.2) is 0 Å². The zero-order chi connectivity index (χ0) is 18.6. The van der Waals surface area contributed by atoms with Crippen molar-refractivity contribution in [1.82, 2.24) is 0 Å². The summed E-state index contributed by atoms with van der Waals surface area (Å²) in [6.07, 6.45) is -5.73. The number of aliphatic hydroxyl groups is 4. The molecule has 25 heavy (non-hydrogen) atoms. The van der Waals surface area contributed by atoms with Gasteiger partial charge in [0, 0.05) is 11.3 Å². The average molecular weight is 373 g/mol. The zero-order valence-electron chi connectivity index (χ0n) is 13.7. The van der Waals surface area contributed by atoms with Crippen molar-refractivity contribution in [3.05, 3.63) is 30.3 Å². The van der Waals surface area contributed by atoms with Gasteiger partial charge in [-0.15, -0.1) is 0 Å². The van der Waals surface area contributed by atoms with E-state index >= 15 is 0 Å². The van der Waals surface area contributed by atoms with Gasteiger partial charge in [0.05, 0.1) is 25.9 Å². The molecule has 1 unspecified atom stereocenters. The second kappa shape index (κ2) is 8.45. The Bertz CT molecular complexity index is 575. The molecule has 9 heteroatoms. The fourth-order valence-corrected chi connectivity index (χ4v) is 3.93. The van der Waals surface area contributed by atoms with Crippen LogP contribution in [-0.4, -0.2) is 75.5 Å². The van der Waals surface area contributed by atoms with Gasteiger partial charge in [0.25, 0.3) is 0 Å². The monoisotopic (exact) mass is 373 g/mol. The molecule has 1 saturated heterocycles. The van der Waals surface area contributed by atoms with Gasteiger partial charge in [-0.1, -0.05) is 30.0 Å². The van der Waals surface area contributed by atoms with Crippen LogP contribution in [0.4, 0.5) is 0 Å². The van der Waals surface area contributed by atoms with Crippen molar-refractivity contribution in [1.29, 1.82) is 0 Å². The maximum Gasteiger partial charge on any atom is 0.349 e. The first-order valence-corrected chi connectivity index (χ1v) is 8.57. The van der Waals surface area contributed by atoms with Crippen LogP contribution in [0, 0.1) is 0 Å². The van der Waals surface area contributed by atoms with Crippen LogP contribution in [0.5, 0.6) is 0 Å². The third-order valence-corrected chi connectivity index (χ3v) is 5.34. The third-order valence-electron chi connectivity index (χ3n) is 4.07. The number of carbonyl (C=O) groups excluding carboxylic acids is 1. The Morgan fingerprint density at radius 2 is 2.08 bits per heavy atom. The molecule has 1 aromatic carbocycles. The van der Waals surface area contributed by atoms with Crippen molar-refractivity contribution < 1.29 is 34.7 Å². The lowest BCUT2D eigenvalue weighted by Crippen LogP contribution is -2.64. The lowest BCUT2D eigenvalue weighted by atomic mass is 9.90. The lowest BCUT2D eigenvalue weighted by Gasteiger charge is -2.45. The zero-order valence-corrected chi connectivity index (χ0v) is 14.5. The summed E-state index contributed by atoms with van der Waals surface area (Å²) < 4.78 is 10.6. The first-order valence-electron chi connectivity index (χ1n) is 7.75. The molecule has 0 aromatic heterocycles. The van der Waals surface area contributed by atoms with Crippen LogP contribution < -0.4 is 5.73 Å². The minimum absolute atomic E-state index is 0.154. The smallest absolute Gasteiger partial charge is 0.349 e. The van der Waals surface area contributed by atoms with E-state index in [2.05, 4.69) is 0 Å². The molecule has 1 aliphatic rings. The number of methoxy groups -OCH3 is 1. The summed E-state index contributed by atoms with van der Waals surface area (Å²) in [4.78, 5) is 11.5. The Morgan fingerprint density at radius 1 is 1.44 bits per heavy atom. The molecular formula is C16H23NO7S. The first-order chi connectivity index (χ1) is 11.8. The maximum atomic E-state index is 12.4. The minimum Gasteiger partial charge on any atom is -0.466 e. The summed E-state index contributed by atoms with van der Waals surface area (Å²) in [6.45, 7) is -0.721. The maximum absolute atomic E-state index is 12.4. The Morgan fingerprint density at radius 3 is 2.64 bits per heavy atom. The van der Waals surface area contributed by atoms with E-state index in [1.165, 1.54) is 7.11 Å². The van der Waals surface area contributed by atoms with Crippen molar-refractivity contribution >= 4 is 17.7 Å². The predicted octanol–water partition coefficient (Wildman–Crippen LogP) is -1.16. The number of rotatable bonds is 6. The van der Waals surface area contributed by atoms with Crippen molar-refractivity contribution in [2.75, 3.05) is 13.7 Å². The molecule has 0 bridgehead atoms. The highest BCUT2D eigenvalue weighted by Gasteiger charge is 2.54. The van der Waals surface area contributed by atoms with Crippen LogP contribution in [0.1, 0.15) is 6.42 Å². The average Bonchev–Trinajstić information content (AvgIpc) is 2.63. The first kappa shape index (κ1) is 20.1. The van der Waals surface area contributed by atoms with Gasteiger partial charge in [-0.25, -0.2) is 4.79 Å². The van der Waals surface area contributed by atoms with Crippen LogP contribution in [0.15, 0.2) is 35.2 Å². The molecule has 0 spiro atoms. The van der Waals surface area contributed by atoms with Gasteiger partial charge >= 0.3 is 5.97 Å². The molecule has 6 N–H and O–H groups in total. The summed E-state index contributed by atoms with van der Waals surface area (Å²) in [5, 5.41) is 39.3. The van der Waals surface area contributed by atoms with Crippen LogP contribution in [-0.2, 0) is 14.3 Å². The quantitative estimate of drug-likeness (QED) is 0.390. The van der Waals surface area contributed by atoms with Crippen LogP contribution in [0.25, 0.3) is 0 Å². The van der Waals surface area contributed by atoms with E-state index < -0.39 is 48.0 Å². The van der Waals surface area contributed by atoms with Gasteiger partial charge in [-0.2, -0.15) is 0 Å². The number of esters is 1. The molecular weight excluding hydrogens is 350 g/mol. The minimum atomic E-state index is -1.65. The molecule has 0 amide bonds. The van der Waals surface area contributed by atoms with Crippen LogP contribution in [0.2, 0.25) is 0 Å². The van der Waals surface area contributed by atoms with Gasteiger partial charge in [0.2, 0.25) is 4.93 Å². The molecule has 8 nitrogen and oxygen atoms in total. The molecule has 140 valence electrons. The van der Waals surface area contributed by atoms with Crippen molar-refractivity contribution in [2.45, 2.75) is 46.7 Å². The van der Waals surface area contributed by atoms with Crippen LogP contribution in [0.3, 0.4) is 0 Å². The SMILES string of the molecule is COC(=O)C1(Sc2ccccc2)C[C@H](O)[C@@H](N)[C@H]([C@H](O)[C@H](O)CO)O1. The molecule has 1 aliphatic heterocycles. The van der Waals surface area contributed by atoms with E-state index in [0.717, 1.165) is 11.8 Å². The standard InChI is InChI=1S/C16H23NO7S/c1-23-15(22)16(25-9-5-3-2-4-6-9)7-10(19)12(17)14(24-16)13(21)11(20)8-18/h2-6,10-14,18-21H,7-8,17H2,1H3/t10-,11+,12+,13+,14+,16?/m0/s1. The summed E-state index contributed by atoms with van der Waals surface area (Å²) in [5.74, 6) is -0.747. The van der Waals surface area contributed by atoms with E-state index in [-0.39, 0.29) is 6.42 Å². The molecule has 1 fully saturated rings. The molecule has 0 aliphatic carbocycles. The van der Waals surface area contributed by atoms with Gasteiger partial charge < -0.3 is 35.6 Å². The number of nitrogens with two attached hydrogens (primary N) is 1. The highest BCUT2D eigenvalue weighted by molar-refractivity contribution is 8.01. The number of ether oxygens (including phenoxy) is 2. The van der Waals surface area contributed by atoms with Crippen LogP contribution >= 0.6 is 11.8 Å². The number of benzene rings is 1. The summed E-state index contributed by atoms with van der Waals surface area (Å²) in [5.41, 5.74) is 5.88. The van der Waals surface area contributed by atoms with Crippen molar-refractivity contribution in [3.8, 4) is 0 Å². The third kappa shape index (κ3) is 4.32. The number of carbonyl (C=O) groups is 1. The second-order valence-electron chi connectivity index (χ2n) is 5.83. The fraction of sp³-hybridized carbons (Fsp3) is 0.562. The second-order valence-corrected chi connectivity index (χ2v) is 7.17. The molecule has 6 atom stereocenters. The normalized spacial score (nSPS) is 32.0. The van der Waals surface area contributed by atoms with Gasteiger partial charge in [-0.05, 0) is 12.1 Å². The highest BCUT2D eigenvalue weighted by Crippen LogP contribution is 2.44. The van der Waals surface area contributed by atoms with E-state index in [1.807, 2.05) is 6.07 Å². The number of aliphatic hydroxyl groups excluding tert-OH is 4.